The zero-order valence-electron chi connectivity index (χ0n) is 11.2. The van der Waals surface area contributed by atoms with Gasteiger partial charge in [-0.2, -0.15) is 0 Å². The molecule has 0 atom stereocenters. The fraction of sp³-hybridized carbons (Fsp3) is 0.125. The largest absolute Gasteiger partial charge is 0.436 e. The number of fused-ring (bicyclic) bond motifs is 1. The van der Waals surface area contributed by atoms with Gasteiger partial charge < -0.3 is 4.42 Å². The van der Waals surface area contributed by atoms with Gasteiger partial charge in [-0.1, -0.05) is 31.9 Å². The van der Waals surface area contributed by atoms with Crippen molar-refractivity contribution in [3.8, 4) is 11.5 Å². The van der Waals surface area contributed by atoms with E-state index in [2.05, 4.69) is 36.8 Å². The second kappa shape index (κ2) is 6.30. The predicted octanol–water partition coefficient (Wildman–Crippen LogP) is 5.32. The first kappa shape index (κ1) is 15.4. The van der Waals surface area contributed by atoms with Crippen molar-refractivity contribution in [1.82, 2.24) is 4.98 Å². The van der Waals surface area contributed by atoms with E-state index in [-0.39, 0.29) is 15.3 Å². The number of oxazole rings is 1. The number of benzene rings is 2. The van der Waals surface area contributed by atoms with Crippen LogP contribution < -0.4 is 0 Å². The van der Waals surface area contributed by atoms with Gasteiger partial charge in [0.2, 0.25) is 5.89 Å². The molecule has 6 heteroatoms. The Kier molecular flexibility index (Phi) is 4.40. The van der Waals surface area contributed by atoms with Crippen LogP contribution >= 0.6 is 31.9 Å². The number of rotatable bonds is 4. The van der Waals surface area contributed by atoms with E-state index in [4.69, 9.17) is 4.42 Å². The van der Waals surface area contributed by atoms with Crippen LogP contribution in [0.2, 0.25) is 0 Å². The van der Waals surface area contributed by atoms with Gasteiger partial charge in [0.25, 0.3) is 0 Å². The minimum Gasteiger partial charge on any atom is -0.436 e. The zero-order chi connectivity index (χ0) is 15.7. The van der Waals surface area contributed by atoms with Gasteiger partial charge in [0.1, 0.15) is 11.3 Å². The molecule has 112 valence electrons. The van der Waals surface area contributed by atoms with E-state index >= 15 is 0 Å². The number of carbonyl (C=O) groups excluding carboxylic acids is 1. The first-order chi connectivity index (χ1) is 10.5. The molecule has 0 amide bonds. The Bertz CT molecular complexity index is 828. The van der Waals surface area contributed by atoms with Gasteiger partial charge in [-0.05, 0) is 42.5 Å². The number of carbonyl (C=O) groups is 1. The highest BCUT2D eigenvalue weighted by atomic mass is 79.9. The van der Waals surface area contributed by atoms with E-state index in [0.717, 1.165) is 0 Å². The summed E-state index contributed by atoms with van der Waals surface area (Å²) >= 11 is 6.59. The van der Waals surface area contributed by atoms with Crippen molar-refractivity contribution < 1.29 is 13.6 Å². The summed E-state index contributed by atoms with van der Waals surface area (Å²) in [5, 5.41) is 0. The fourth-order valence-electron chi connectivity index (χ4n) is 2.07. The van der Waals surface area contributed by atoms with Crippen molar-refractivity contribution in [2.75, 3.05) is 0 Å². The Balaban J connectivity index is 1.96. The predicted molar refractivity (Wildman–Crippen MR) is 90.0 cm³/mol. The zero-order valence-corrected chi connectivity index (χ0v) is 14.4. The standard InChI is InChI=1S/C16H10Br2FNO2/c17-15(18)8-13(21)10-3-6-14-12(7-10)20-16(22-14)9-1-4-11(19)5-2-9/h1-7,15H,8H2. The lowest BCUT2D eigenvalue weighted by atomic mass is 10.1. The lowest BCUT2D eigenvalue weighted by molar-refractivity contribution is 0.0988. The summed E-state index contributed by atoms with van der Waals surface area (Å²) in [6.07, 6.45) is 0.341. The number of halogens is 3. The smallest absolute Gasteiger partial charge is 0.227 e. The van der Waals surface area contributed by atoms with E-state index in [1.807, 2.05) is 0 Å². The molecule has 0 saturated carbocycles. The summed E-state index contributed by atoms with van der Waals surface area (Å²) in [4.78, 5) is 16.4. The van der Waals surface area contributed by atoms with Crippen LogP contribution in [0.5, 0.6) is 0 Å². The molecule has 2 aromatic carbocycles. The van der Waals surface area contributed by atoms with Crippen molar-refractivity contribution in [2.24, 2.45) is 0 Å². The highest BCUT2D eigenvalue weighted by molar-refractivity contribution is 9.24. The number of hydrogen-bond donors (Lipinski definition) is 0. The van der Waals surface area contributed by atoms with Crippen LogP contribution in [0.4, 0.5) is 4.39 Å². The summed E-state index contributed by atoms with van der Waals surface area (Å²) < 4.78 is 18.5. The molecule has 3 aromatic rings. The van der Waals surface area contributed by atoms with Gasteiger partial charge in [-0.25, -0.2) is 9.37 Å². The third-order valence-corrected chi connectivity index (χ3v) is 3.79. The van der Waals surface area contributed by atoms with Crippen LogP contribution in [0.25, 0.3) is 22.6 Å². The first-order valence-corrected chi connectivity index (χ1v) is 8.34. The van der Waals surface area contributed by atoms with Crippen LogP contribution in [-0.2, 0) is 0 Å². The average molecular weight is 427 g/mol. The fourth-order valence-corrected chi connectivity index (χ4v) is 2.66. The molecule has 0 saturated heterocycles. The maximum absolute atomic E-state index is 13.0. The first-order valence-electron chi connectivity index (χ1n) is 6.51. The molecule has 3 rings (SSSR count). The molecular formula is C16H10Br2FNO2. The number of nitrogens with zero attached hydrogens (tertiary/aromatic N) is 1. The molecule has 0 unspecified atom stereocenters. The monoisotopic (exact) mass is 425 g/mol. The third kappa shape index (κ3) is 3.28. The molecule has 0 bridgehead atoms. The molecule has 0 spiro atoms. The molecule has 22 heavy (non-hydrogen) atoms. The van der Waals surface area contributed by atoms with Crippen LogP contribution in [-0.4, -0.2) is 14.5 Å². The normalized spacial score (nSPS) is 11.3. The maximum Gasteiger partial charge on any atom is 0.227 e. The summed E-state index contributed by atoms with van der Waals surface area (Å²) in [6.45, 7) is 0. The number of ketones is 1. The maximum atomic E-state index is 13.0. The van der Waals surface area contributed by atoms with Crippen LogP contribution in [0.15, 0.2) is 46.9 Å². The van der Waals surface area contributed by atoms with Crippen molar-refractivity contribution in [2.45, 2.75) is 10.2 Å². The minimum atomic E-state index is -0.313. The van der Waals surface area contributed by atoms with Crippen LogP contribution in [0, 0.1) is 5.82 Å². The van der Waals surface area contributed by atoms with Gasteiger partial charge >= 0.3 is 0 Å². The van der Waals surface area contributed by atoms with Crippen molar-refractivity contribution in [3.05, 3.63) is 53.8 Å². The number of alkyl halides is 2. The molecule has 0 fully saturated rings. The topological polar surface area (TPSA) is 43.1 Å². The highest BCUT2D eigenvalue weighted by Gasteiger charge is 2.14. The molecule has 0 aliphatic carbocycles. The molecule has 0 aliphatic rings. The Morgan fingerprint density at radius 1 is 1.18 bits per heavy atom. The average Bonchev–Trinajstić information content (AvgIpc) is 2.90. The van der Waals surface area contributed by atoms with E-state index in [9.17, 15) is 9.18 Å². The Morgan fingerprint density at radius 3 is 2.59 bits per heavy atom. The van der Waals surface area contributed by atoms with E-state index in [1.165, 1.54) is 12.1 Å². The molecular weight excluding hydrogens is 417 g/mol. The van der Waals surface area contributed by atoms with E-state index in [0.29, 0.717) is 34.5 Å². The molecule has 0 N–H and O–H groups in total. The number of aromatic nitrogens is 1. The summed E-state index contributed by atoms with van der Waals surface area (Å²) in [7, 11) is 0. The number of hydrogen-bond acceptors (Lipinski definition) is 3. The molecule has 3 nitrogen and oxygen atoms in total. The van der Waals surface area contributed by atoms with Gasteiger partial charge in [0, 0.05) is 17.5 Å². The highest BCUT2D eigenvalue weighted by Crippen LogP contribution is 2.26. The van der Waals surface area contributed by atoms with Crippen molar-refractivity contribution in [3.63, 3.8) is 0 Å². The van der Waals surface area contributed by atoms with Gasteiger partial charge in [-0.15, -0.1) is 0 Å². The lowest BCUT2D eigenvalue weighted by Gasteiger charge is -2.00. The molecule has 0 radical (unpaired) electrons. The third-order valence-electron chi connectivity index (χ3n) is 3.14. The van der Waals surface area contributed by atoms with Gasteiger partial charge in [-0.3, -0.25) is 4.79 Å². The quantitative estimate of drug-likeness (QED) is 0.418. The van der Waals surface area contributed by atoms with Crippen molar-refractivity contribution in [1.29, 1.82) is 0 Å². The molecule has 1 aromatic heterocycles. The Hall–Kier alpha value is -1.53. The SMILES string of the molecule is O=C(CC(Br)Br)c1ccc2oc(-c3ccc(F)cc3)nc2c1. The second-order valence-corrected chi connectivity index (χ2v) is 8.17. The Morgan fingerprint density at radius 2 is 1.91 bits per heavy atom. The van der Waals surface area contributed by atoms with Crippen LogP contribution in [0.1, 0.15) is 16.8 Å². The van der Waals surface area contributed by atoms with E-state index in [1.54, 1.807) is 30.3 Å². The second-order valence-electron chi connectivity index (χ2n) is 4.73. The molecule has 1 heterocycles. The summed E-state index contributed by atoms with van der Waals surface area (Å²) in [5.41, 5.74) is 2.46. The van der Waals surface area contributed by atoms with E-state index < -0.39 is 0 Å². The lowest BCUT2D eigenvalue weighted by Crippen LogP contribution is -2.02. The minimum absolute atomic E-state index is 0.00646. The summed E-state index contributed by atoms with van der Waals surface area (Å²) in [5.74, 6) is 0.0947. The summed E-state index contributed by atoms with van der Waals surface area (Å²) in [6, 6.07) is 11.1. The molecule has 0 aliphatic heterocycles. The van der Waals surface area contributed by atoms with Crippen molar-refractivity contribution >= 4 is 48.7 Å². The Labute approximate surface area is 142 Å². The van der Waals surface area contributed by atoms with Gasteiger partial charge in [0.05, 0.1) is 3.74 Å². The van der Waals surface area contributed by atoms with Crippen LogP contribution in [0.3, 0.4) is 0 Å². The van der Waals surface area contributed by atoms with Gasteiger partial charge in [0.15, 0.2) is 11.4 Å². The number of Topliss-reactive ketones (excluding diaryl/α,β-unsaturated/α-hetero) is 1.